The molecule has 0 spiro atoms. The van der Waals surface area contributed by atoms with Gasteiger partial charge in [-0.15, -0.1) is 0 Å². The fraction of sp³-hybridized carbons (Fsp3) is 0.200. The third-order valence-electron chi connectivity index (χ3n) is 3.03. The third kappa shape index (κ3) is 2.42. The fourth-order valence-electron chi connectivity index (χ4n) is 2.12. The molecule has 0 unspecified atom stereocenters. The lowest BCUT2D eigenvalue weighted by Crippen LogP contribution is -2.02. The van der Waals surface area contributed by atoms with E-state index in [0.717, 1.165) is 35.5 Å². The highest BCUT2D eigenvalue weighted by atomic mass is 15.2. The molecule has 3 rings (SSSR count). The predicted octanol–water partition coefficient (Wildman–Crippen LogP) is 3.58. The lowest BCUT2D eigenvalue weighted by Gasteiger charge is -2.09. The van der Waals surface area contributed by atoms with Crippen molar-refractivity contribution < 1.29 is 0 Å². The first kappa shape index (κ1) is 11.7. The van der Waals surface area contributed by atoms with Crippen LogP contribution in [0.2, 0.25) is 0 Å². The van der Waals surface area contributed by atoms with Gasteiger partial charge in [0, 0.05) is 24.3 Å². The molecule has 0 aliphatic carbocycles. The number of fused-ring (bicyclic) bond motifs is 1. The minimum absolute atomic E-state index is 0.860. The number of hydrogen-bond acceptors (Lipinski definition) is 3. The van der Waals surface area contributed by atoms with Gasteiger partial charge in [0.2, 0.25) is 5.95 Å². The van der Waals surface area contributed by atoms with E-state index in [4.69, 9.17) is 0 Å². The summed E-state index contributed by atoms with van der Waals surface area (Å²) in [6, 6.07) is 10.2. The van der Waals surface area contributed by atoms with E-state index < -0.39 is 0 Å². The Labute approximate surface area is 112 Å². The number of imidazole rings is 1. The first-order valence-corrected chi connectivity index (χ1v) is 6.50. The van der Waals surface area contributed by atoms with Crippen molar-refractivity contribution in [3.63, 3.8) is 0 Å². The van der Waals surface area contributed by atoms with Crippen LogP contribution in [0.15, 0.2) is 48.9 Å². The molecule has 0 amide bonds. The molecule has 1 N–H and O–H groups in total. The van der Waals surface area contributed by atoms with Crippen LogP contribution in [0.1, 0.15) is 13.3 Å². The van der Waals surface area contributed by atoms with E-state index in [0.29, 0.717) is 0 Å². The fourth-order valence-corrected chi connectivity index (χ4v) is 2.12. The first-order chi connectivity index (χ1) is 9.36. The number of nitrogens with one attached hydrogen (secondary N) is 1. The Balaban J connectivity index is 1.90. The van der Waals surface area contributed by atoms with Crippen molar-refractivity contribution in [2.45, 2.75) is 19.9 Å². The molecule has 2 aromatic heterocycles. The number of rotatable bonds is 4. The third-order valence-corrected chi connectivity index (χ3v) is 3.03. The lowest BCUT2D eigenvalue weighted by atomic mass is 10.2. The normalized spacial score (nSPS) is 10.8. The molecule has 0 atom stereocenters. The molecule has 0 fully saturated rings. The zero-order chi connectivity index (χ0) is 13.1. The van der Waals surface area contributed by atoms with Gasteiger partial charge in [-0.1, -0.05) is 25.1 Å². The van der Waals surface area contributed by atoms with Crippen LogP contribution >= 0.6 is 0 Å². The second kappa shape index (κ2) is 5.10. The van der Waals surface area contributed by atoms with E-state index in [1.165, 1.54) is 0 Å². The Hall–Kier alpha value is -2.36. The van der Waals surface area contributed by atoms with Gasteiger partial charge in [-0.3, -0.25) is 4.98 Å². The first-order valence-electron chi connectivity index (χ1n) is 6.50. The molecule has 19 heavy (non-hydrogen) atoms. The average Bonchev–Trinajstić information content (AvgIpc) is 2.86. The summed E-state index contributed by atoms with van der Waals surface area (Å²) in [6.45, 7) is 3.12. The maximum Gasteiger partial charge on any atom is 0.207 e. The molecule has 0 bridgehead atoms. The van der Waals surface area contributed by atoms with Crippen molar-refractivity contribution in [3.05, 3.63) is 48.9 Å². The molecule has 1 aromatic carbocycles. The molecular weight excluding hydrogens is 236 g/mol. The molecule has 3 aromatic rings. The summed E-state index contributed by atoms with van der Waals surface area (Å²) >= 11 is 0. The highest BCUT2D eigenvalue weighted by Gasteiger charge is 2.03. The maximum atomic E-state index is 4.44. The number of nitrogens with zero attached hydrogens (tertiary/aromatic N) is 3. The van der Waals surface area contributed by atoms with Gasteiger partial charge in [0.25, 0.3) is 0 Å². The predicted molar refractivity (Wildman–Crippen MR) is 77.5 cm³/mol. The molecule has 4 heteroatoms. The van der Waals surface area contributed by atoms with Gasteiger partial charge in [0.05, 0.1) is 17.4 Å². The minimum Gasteiger partial charge on any atom is -0.324 e. The van der Waals surface area contributed by atoms with Gasteiger partial charge in [-0.25, -0.2) is 4.98 Å². The Morgan fingerprint density at radius 3 is 3.00 bits per heavy atom. The molecule has 96 valence electrons. The van der Waals surface area contributed by atoms with Crippen molar-refractivity contribution in [3.8, 4) is 0 Å². The van der Waals surface area contributed by atoms with E-state index in [2.05, 4.69) is 38.9 Å². The van der Waals surface area contributed by atoms with Gasteiger partial charge in [0.1, 0.15) is 0 Å². The Morgan fingerprint density at radius 1 is 1.21 bits per heavy atom. The standard InChI is InChI=1S/C15H16N4/c1-2-8-19-9-7-16-15(19)18-13-10-12-5-3-4-6-14(12)17-11-13/h3-7,9-11H,2,8H2,1H3,(H,16,18). The van der Waals surface area contributed by atoms with Gasteiger partial charge < -0.3 is 9.88 Å². The summed E-state index contributed by atoms with van der Waals surface area (Å²) < 4.78 is 2.11. The molecule has 0 saturated carbocycles. The molecule has 0 aliphatic heterocycles. The zero-order valence-electron chi connectivity index (χ0n) is 10.9. The Kier molecular flexibility index (Phi) is 3.14. The van der Waals surface area contributed by atoms with Crippen molar-refractivity contribution in [2.75, 3.05) is 5.32 Å². The van der Waals surface area contributed by atoms with Crippen LogP contribution in [0.5, 0.6) is 0 Å². The summed E-state index contributed by atoms with van der Waals surface area (Å²) in [5.41, 5.74) is 1.97. The number of hydrogen-bond donors (Lipinski definition) is 1. The van der Waals surface area contributed by atoms with Crippen LogP contribution in [0.4, 0.5) is 11.6 Å². The van der Waals surface area contributed by atoms with E-state index in [1.54, 1.807) is 0 Å². The van der Waals surface area contributed by atoms with Gasteiger partial charge in [-0.2, -0.15) is 0 Å². The highest BCUT2D eigenvalue weighted by molar-refractivity contribution is 5.82. The van der Waals surface area contributed by atoms with Gasteiger partial charge in [-0.05, 0) is 18.6 Å². The highest BCUT2D eigenvalue weighted by Crippen LogP contribution is 2.19. The number of aryl methyl sites for hydroxylation is 1. The summed E-state index contributed by atoms with van der Waals surface area (Å²) in [6.07, 6.45) is 6.72. The Morgan fingerprint density at radius 2 is 2.11 bits per heavy atom. The van der Waals surface area contributed by atoms with Crippen LogP contribution in [-0.4, -0.2) is 14.5 Å². The van der Waals surface area contributed by atoms with Crippen LogP contribution in [0.3, 0.4) is 0 Å². The van der Waals surface area contributed by atoms with Crippen molar-refractivity contribution in [2.24, 2.45) is 0 Å². The largest absolute Gasteiger partial charge is 0.324 e. The SMILES string of the molecule is CCCn1ccnc1Nc1cnc2ccccc2c1. The molecular formula is C15H16N4. The van der Waals surface area contributed by atoms with Crippen molar-refractivity contribution in [1.29, 1.82) is 0 Å². The Bertz CT molecular complexity index is 687. The second-order valence-corrected chi connectivity index (χ2v) is 4.49. The van der Waals surface area contributed by atoms with Crippen molar-refractivity contribution >= 4 is 22.5 Å². The average molecular weight is 252 g/mol. The van der Waals surface area contributed by atoms with Crippen LogP contribution < -0.4 is 5.32 Å². The quantitative estimate of drug-likeness (QED) is 0.771. The number of para-hydroxylation sites is 1. The topological polar surface area (TPSA) is 42.7 Å². The summed E-state index contributed by atoms with van der Waals surface area (Å²) in [7, 11) is 0. The van der Waals surface area contributed by atoms with E-state index in [-0.39, 0.29) is 0 Å². The van der Waals surface area contributed by atoms with Gasteiger partial charge in [0.15, 0.2) is 0 Å². The summed E-state index contributed by atoms with van der Waals surface area (Å²) in [5.74, 6) is 0.860. The van der Waals surface area contributed by atoms with E-state index in [1.807, 2.05) is 36.8 Å². The van der Waals surface area contributed by atoms with Crippen LogP contribution in [0.25, 0.3) is 10.9 Å². The van der Waals surface area contributed by atoms with Crippen LogP contribution in [0, 0.1) is 0 Å². The number of anilines is 2. The lowest BCUT2D eigenvalue weighted by molar-refractivity contribution is 0.686. The molecule has 0 aliphatic rings. The summed E-state index contributed by atoms with van der Waals surface area (Å²) in [4.78, 5) is 8.77. The monoisotopic (exact) mass is 252 g/mol. The molecule has 0 saturated heterocycles. The molecule has 4 nitrogen and oxygen atoms in total. The smallest absolute Gasteiger partial charge is 0.207 e. The van der Waals surface area contributed by atoms with Crippen molar-refractivity contribution in [1.82, 2.24) is 14.5 Å². The summed E-state index contributed by atoms with van der Waals surface area (Å²) in [5, 5.41) is 4.44. The number of pyridine rings is 1. The second-order valence-electron chi connectivity index (χ2n) is 4.49. The maximum absolute atomic E-state index is 4.44. The number of aromatic nitrogens is 3. The van der Waals surface area contributed by atoms with Gasteiger partial charge >= 0.3 is 0 Å². The zero-order valence-corrected chi connectivity index (χ0v) is 10.9. The molecule has 0 radical (unpaired) electrons. The minimum atomic E-state index is 0.860. The van der Waals surface area contributed by atoms with Crippen LogP contribution in [-0.2, 0) is 6.54 Å². The van der Waals surface area contributed by atoms with E-state index >= 15 is 0 Å². The van der Waals surface area contributed by atoms with E-state index in [9.17, 15) is 0 Å². The number of benzene rings is 1. The molecule has 2 heterocycles.